The van der Waals surface area contributed by atoms with Crippen LogP contribution in [0.2, 0.25) is 0 Å². The van der Waals surface area contributed by atoms with Crippen molar-refractivity contribution in [3.05, 3.63) is 23.3 Å². The first-order valence-corrected chi connectivity index (χ1v) is 5.44. The Morgan fingerprint density at radius 3 is 2.19 bits per heavy atom. The summed E-state index contributed by atoms with van der Waals surface area (Å²) >= 11 is 0. The van der Waals surface area contributed by atoms with E-state index in [-0.39, 0.29) is 12.0 Å². The van der Waals surface area contributed by atoms with Gasteiger partial charge in [0.25, 0.3) is 0 Å². The molecular weight excluding hydrogens is 202 g/mol. The van der Waals surface area contributed by atoms with Crippen molar-refractivity contribution >= 4 is 5.97 Å². The van der Waals surface area contributed by atoms with Gasteiger partial charge in [-0.05, 0) is 47.4 Å². The molecule has 0 aliphatic heterocycles. The Kier molecular flexibility index (Phi) is 6.04. The van der Waals surface area contributed by atoms with E-state index in [1.165, 1.54) is 0 Å². The zero-order valence-corrected chi connectivity index (χ0v) is 11.3. The summed E-state index contributed by atoms with van der Waals surface area (Å²) < 4.78 is 5.18. The van der Waals surface area contributed by atoms with Crippen molar-refractivity contribution < 1.29 is 9.53 Å². The summed E-state index contributed by atoms with van der Waals surface area (Å²) in [7, 11) is 3.91. The number of carbonyl (C=O) groups is 1. The van der Waals surface area contributed by atoms with E-state index in [0.717, 1.165) is 11.1 Å². The second kappa shape index (κ2) is 6.48. The Hall–Kier alpha value is -1.09. The molecule has 16 heavy (non-hydrogen) atoms. The molecule has 0 aromatic rings. The summed E-state index contributed by atoms with van der Waals surface area (Å²) in [6, 6.07) is 0.212. The average molecular weight is 225 g/mol. The standard InChI is InChI=1S/C13H23NO2/c1-9(2)11(4)12(5)13(15)16-8-10(3)14(6)7/h10H,5,8H2,1-4,6-7H3. The molecule has 3 nitrogen and oxygen atoms in total. The summed E-state index contributed by atoms with van der Waals surface area (Å²) in [6.07, 6.45) is 0. The molecule has 0 N–H and O–H groups in total. The van der Waals surface area contributed by atoms with Crippen LogP contribution in [0, 0.1) is 0 Å². The Morgan fingerprint density at radius 2 is 1.81 bits per heavy atom. The fourth-order valence-corrected chi connectivity index (χ4v) is 0.887. The molecule has 1 unspecified atom stereocenters. The van der Waals surface area contributed by atoms with Gasteiger partial charge in [0.15, 0.2) is 0 Å². The second-order valence-corrected chi connectivity index (χ2v) is 4.51. The van der Waals surface area contributed by atoms with Gasteiger partial charge in [-0.2, -0.15) is 0 Å². The number of esters is 1. The number of hydrogen-bond acceptors (Lipinski definition) is 3. The number of hydrogen-bond donors (Lipinski definition) is 0. The third-order valence-electron chi connectivity index (χ3n) is 2.79. The van der Waals surface area contributed by atoms with Crippen LogP contribution < -0.4 is 0 Å². The Balaban J connectivity index is 4.29. The maximum atomic E-state index is 11.6. The largest absolute Gasteiger partial charge is 0.460 e. The molecule has 0 aliphatic carbocycles. The number of allylic oxidation sites excluding steroid dienone is 1. The zero-order valence-electron chi connectivity index (χ0n) is 11.3. The van der Waals surface area contributed by atoms with Crippen LogP contribution in [0.25, 0.3) is 0 Å². The molecule has 0 fully saturated rings. The fourth-order valence-electron chi connectivity index (χ4n) is 0.887. The van der Waals surface area contributed by atoms with Gasteiger partial charge in [0.05, 0.1) is 5.57 Å². The molecule has 0 saturated heterocycles. The molecule has 3 heteroatoms. The van der Waals surface area contributed by atoms with Crippen molar-refractivity contribution in [2.75, 3.05) is 20.7 Å². The van der Waals surface area contributed by atoms with E-state index < -0.39 is 0 Å². The van der Waals surface area contributed by atoms with Crippen LogP contribution in [0.5, 0.6) is 0 Å². The van der Waals surface area contributed by atoms with Crippen LogP contribution in [0.15, 0.2) is 23.3 Å². The first-order chi connectivity index (χ1) is 7.27. The van der Waals surface area contributed by atoms with Crippen LogP contribution in [-0.2, 0) is 9.53 Å². The third-order valence-corrected chi connectivity index (χ3v) is 2.79. The van der Waals surface area contributed by atoms with Crippen molar-refractivity contribution in [3.63, 3.8) is 0 Å². The lowest BCUT2D eigenvalue weighted by Crippen LogP contribution is -2.30. The number of ether oxygens (including phenoxy) is 1. The predicted molar refractivity (Wildman–Crippen MR) is 67.3 cm³/mol. The van der Waals surface area contributed by atoms with Crippen molar-refractivity contribution in [3.8, 4) is 0 Å². The molecule has 0 bridgehead atoms. The van der Waals surface area contributed by atoms with E-state index in [0.29, 0.717) is 12.2 Å². The van der Waals surface area contributed by atoms with Crippen LogP contribution in [0.3, 0.4) is 0 Å². The number of likely N-dealkylation sites (N-methyl/N-ethyl adjacent to an activating group) is 1. The average Bonchev–Trinajstić information content (AvgIpc) is 2.22. The van der Waals surface area contributed by atoms with E-state index in [1.807, 2.05) is 46.7 Å². The number of rotatable bonds is 5. The third kappa shape index (κ3) is 4.62. The highest BCUT2D eigenvalue weighted by Crippen LogP contribution is 2.13. The topological polar surface area (TPSA) is 29.5 Å². The van der Waals surface area contributed by atoms with Gasteiger partial charge in [-0.1, -0.05) is 12.2 Å². The van der Waals surface area contributed by atoms with E-state index in [1.54, 1.807) is 0 Å². The van der Waals surface area contributed by atoms with Crippen molar-refractivity contribution in [2.45, 2.75) is 33.7 Å². The predicted octanol–water partition coefficient (Wildman–Crippen LogP) is 2.39. The van der Waals surface area contributed by atoms with Crippen LogP contribution >= 0.6 is 0 Å². The monoisotopic (exact) mass is 225 g/mol. The minimum absolute atomic E-state index is 0.212. The maximum Gasteiger partial charge on any atom is 0.337 e. The van der Waals surface area contributed by atoms with Gasteiger partial charge >= 0.3 is 5.97 Å². The minimum atomic E-state index is -0.326. The summed E-state index contributed by atoms with van der Waals surface area (Å²) in [4.78, 5) is 13.6. The first kappa shape index (κ1) is 14.9. The lowest BCUT2D eigenvalue weighted by molar-refractivity contribution is -0.140. The number of carbonyl (C=O) groups excluding carboxylic acids is 1. The van der Waals surface area contributed by atoms with Gasteiger partial charge in [-0.3, -0.25) is 0 Å². The Morgan fingerprint density at radius 1 is 1.31 bits per heavy atom. The van der Waals surface area contributed by atoms with Crippen LogP contribution in [0.4, 0.5) is 0 Å². The van der Waals surface area contributed by atoms with E-state index in [9.17, 15) is 4.79 Å². The molecule has 0 rings (SSSR count). The van der Waals surface area contributed by atoms with Gasteiger partial charge in [0.2, 0.25) is 0 Å². The van der Waals surface area contributed by atoms with E-state index in [4.69, 9.17) is 4.74 Å². The Labute approximate surface area is 98.8 Å². The summed E-state index contributed by atoms with van der Waals surface area (Å²) in [5.41, 5.74) is 2.44. The normalized spacial score (nSPS) is 12.2. The summed E-state index contributed by atoms with van der Waals surface area (Å²) in [5, 5.41) is 0. The summed E-state index contributed by atoms with van der Waals surface area (Å²) in [5.74, 6) is -0.326. The molecule has 0 aromatic heterocycles. The molecule has 0 aromatic carbocycles. The van der Waals surface area contributed by atoms with Gasteiger partial charge in [-0.25, -0.2) is 4.79 Å². The zero-order chi connectivity index (χ0) is 12.9. The molecule has 0 aliphatic rings. The highest BCUT2D eigenvalue weighted by atomic mass is 16.5. The van der Waals surface area contributed by atoms with Crippen LogP contribution in [0.1, 0.15) is 27.7 Å². The summed E-state index contributed by atoms with van der Waals surface area (Å²) in [6.45, 7) is 11.9. The lowest BCUT2D eigenvalue weighted by atomic mass is 10.1. The molecular formula is C13H23NO2. The molecule has 0 radical (unpaired) electrons. The lowest BCUT2D eigenvalue weighted by Gasteiger charge is -2.19. The maximum absolute atomic E-state index is 11.6. The van der Waals surface area contributed by atoms with Crippen molar-refractivity contribution in [1.29, 1.82) is 0 Å². The number of nitrogens with zero attached hydrogens (tertiary/aromatic N) is 1. The van der Waals surface area contributed by atoms with E-state index in [2.05, 4.69) is 6.58 Å². The first-order valence-electron chi connectivity index (χ1n) is 5.44. The molecule has 92 valence electrons. The van der Waals surface area contributed by atoms with Crippen LogP contribution in [-0.4, -0.2) is 37.6 Å². The van der Waals surface area contributed by atoms with Gasteiger partial charge in [0, 0.05) is 6.04 Å². The molecule has 0 heterocycles. The van der Waals surface area contributed by atoms with Gasteiger partial charge in [0.1, 0.15) is 6.61 Å². The minimum Gasteiger partial charge on any atom is -0.460 e. The fraction of sp³-hybridized carbons (Fsp3) is 0.615. The Bertz CT molecular complexity index is 299. The molecule has 0 amide bonds. The molecule has 0 spiro atoms. The highest BCUT2D eigenvalue weighted by Gasteiger charge is 2.13. The quantitative estimate of drug-likeness (QED) is 0.409. The molecule has 1 atom stereocenters. The van der Waals surface area contributed by atoms with E-state index >= 15 is 0 Å². The second-order valence-electron chi connectivity index (χ2n) is 4.51. The van der Waals surface area contributed by atoms with Crippen molar-refractivity contribution in [1.82, 2.24) is 4.90 Å². The van der Waals surface area contributed by atoms with Gasteiger partial charge < -0.3 is 9.64 Å². The highest BCUT2D eigenvalue weighted by molar-refractivity contribution is 5.92. The smallest absolute Gasteiger partial charge is 0.337 e. The van der Waals surface area contributed by atoms with Gasteiger partial charge in [-0.15, -0.1) is 0 Å². The van der Waals surface area contributed by atoms with Crippen molar-refractivity contribution in [2.24, 2.45) is 0 Å². The molecule has 0 saturated carbocycles. The SMILES string of the molecule is C=C(C(=O)OCC(C)N(C)C)C(C)=C(C)C.